The second-order valence-electron chi connectivity index (χ2n) is 10.2. The van der Waals surface area contributed by atoms with E-state index in [1.54, 1.807) is 11.3 Å². The molecule has 0 saturated heterocycles. The molecule has 0 aromatic carbocycles. The van der Waals surface area contributed by atoms with Crippen LogP contribution in [0.1, 0.15) is 82.4 Å². The molecule has 2 rings (SSSR count). The number of carbonyl (C=O) groups is 2. The van der Waals surface area contributed by atoms with Gasteiger partial charge in [0, 0.05) is 42.9 Å². The van der Waals surface area contributed by atoms with Crippen molar-refractivity contribution in [3.8, 4) is 0 Å². The van der Waals surface area contributed by atoms with E-state index in [1.807, 2.05) is 31.7 Å². The topological polar surface area (TPSA) is 114 Å². The number of aryl methyl sites for hydroxylation is 1. The minimum absolute atomic E-state index is 0.00626. The third kappa shape index (κ3) is 9.58. The van der Waals surface area contributed by atoms with Crippen LogP contribution in [0.15, 0.2) is 16.6 Å². The van der Waals surface area contributed by atoms with E-state index in [9.17, 15) is 9.59 Å². The van der Waals surface area contributed by atoms with Crippen molar-refractivity contribution in [3.05, 3.63) is 21.4 Å². The number of amidine groups is 1. The number of nitrogens with two attached hydrogens (primary N) is 2. The Kier molecular flexibility index (Phi) is 11.2. The molecule has 0 fully saturated rings. The first-order valence-corrected chi connectivity index (χ1v) is 13.4. The van der Waals surface area contributed by atoms with Crippen LogP contribution in [-0.4, -0.2) is 48.7 Å². The molecule has 0 bridgehead atoms. The van der Waals surface area contributed by atoms with Gasteiger partial charge in [0.2, 0.25) is 11.8 Å². The van der Waals surface area contributed by atoms with Crippen LogP contribution < -0.4 is 16.8 Å². The van der Waals surface area contributed by atoms with Gasteiger partial charge in [-0.2, -0.15) is 0 Å². The number of hydrogen-bond donors (Lipinski definition) is 3. The van der Waals surface area contributed by atoms with E-state index < -0.39 is 0 Å². The smallest absolute Gasteiger partial charge is 0.250 e. The van der Waals surface area contributed by atoms with Gasteiger partial charge >= 0.3 is 0 Å². The first-order valence-electron chi connectivity index (χ1n) is 12.5. The third-order valence-corrected chi connectivity index (χ3v) is 6.66. The van der Waals surface area contributed by atoms with E-state index >= 15 is 0 Å². The molecule has 2 heterocycles. The van der Waals surface area contributed by atoms with Crippen LogP contribution in [-0.2, 0) is 16.0 Å². The van der Waals surface area contributed by atoms with Crippen molar-refractivity contribution < 1.29 is 9.59 Å². The summed E-state index contributed by atoms with van der Waals surface area (Å²) in [5.74, 6) is 0.531. The molecule has 190 valence electrons. The quantitative estimate of drug-likeness (QED) is 0.357. The minimum Gasteiger partial charge on any atom is -0.387 e. The van der Waals surface area contributed by atoms with Crippen molar-refractivity contribution in [1.82, 2.24) is 10.2 Å². The zero-order valence-corrected chi connectivity index (χ0v) is 22.2. The van der Waals surface area contributed by atoms with Crippen LogP contribution in [0, 0.1) is 5.41 Å². The summed E-state index contributed by atoms with van der Waals surface area (Å²) in [5, 5.41) is 2.98. The molecule has 1 aliphatic heterocycles. The molecule has 34 heavy (non-hydrogen) atoms. The van der Waals surface area contributed by atoms with Gasteiger partial charge in [0.05, 0.1) is 10.6 Å². The Labute approximate surface area is 209 Å². The highest BCUT2D eigenvalue weighted by atomic mass is 32.1. The van der Waals surface area contributed by atoms with Gasteiger partial charge in [-0.15, -0.1) is 11.3 Å². The lowest BCUT2D eigenvalue weighted by Crippen LogP contribution is -2.36. The summed E-state index contributed by atoms with van der Waals surface area (Å²) in [5.41, 5.74) is 13.3. The number of thiophene rings is 1. The zero-order valence-electron chi connectivity index (χ0n) is 21.4. The van der Waals surface area contributed by atoms with Crippen LogP contribution in [0.25, 0.3) is 6.08 Å². The van der Waals surface area contributed by atoms with E-state index in [0.717, 1.165) is 55.6 Å². The summed E-state index contributed by atoms with van der Waals surface area (Å²) >= 11 is 1.70. The van der Waals surface area contributed by atoms with Gasteiger partial charge in [-0.05, 0) is 56.2 Å². The lowest BCUT2D eigenvalue weighted by molar-refractivity contribution is -0.127. The standard InChI is InChI=1S/C26H43N5O2S/c1-5-13-31(14-9-12-29-24(32)18-26(2,3)4)25(33)19-15-22-21(30-23(28)16-19)17-20(34-22)10-7-6-8-11-27/h15,17H,5-14,16,18,27H2,1-4H3,(H2,28,30)(H,29,32). The van der Waals surface area contributed by atoms with E-state index in [0.29, 0.717) is 43.9 Å². The average molecular weight is 490 g/mol. The van der Waals surface area contributed by atoms with Crippen molar-refractivity contribution in [3.63, 3.8) is 0 Å². The van der Waals surface area contributed by atoms with Crippen molar-refractivity contribution >= 4 is 40.8 Å². The predicted octanol–water partition coefficient (Wildman–Crippen LogP) is 4.38. The van der Waals surface area contributed by atoms with Crippen LogP contribution >= 0.6 is 11.3 Å². The summed E-state index contributed by atoms with van der Waals surface area (Å²) in [7, 11) is 0. The SMILES string of the molecule is CCCN(CCCNC(=O)CC(C)(C)C)C(=O)C1=Cc2sc(CCCCCN)cc2N=C(N)C1. The fraction of sp³-hybridized carbons (Fsp3) is 0.654. The zero-order chi connectivity index (χ0) is 25.1. The summed E-state index contributed by atoms with van der Waals surface area (Å²) in [6.07, 6.45) is 8.67. The number of unbranched alkanes of at least 4 members (excludes halogenated alkanes) is 2. The number of carbonyl (C=O) groups excluding carboxylic acids is 2. The number of nitrogens with zero attached hydrogens (tertiary/aromatic N) is 2. The number of nitrogens with one attached hydrogen (secondary N) is 1. The Morgan fingerprint density at radius 3 is 2.62 bits per heavy atom. The molecule has 0 aliphatic carbocycles. The Bertz CT molecular complexity index is 882. The predicted molar refractivity (Wildman–Crippen MR) is 143 cm³/mol. The Balaban J connectivity index is 2.02. The maximum absolute atomic E-state index is 13.4. The third-order valence-electron chi connectivity index (χ3n) is 5.53. The highest BCUT2D eigenvalue weighted by Crippen LogP contribution is 2.35. The van der Waals surface area contributed by atoms with Gasteiger partial charge in [-0.1, -0.05) is 34.1 Å². The molecule has 0 radical (unpaired) electrons. The Hall–Kier alpha value is -2.19. The van der Waals surface area contributed by atoms with Gasteiger partial charge in [-0.25, -0.2) is 4.99 Å². The molecule has 8 heteroatoms. The van der Waals surface area contributed by atoms with E-state index in [2.05, 4.69) is 23.3 Å². The molecule has 2 amide bonds. The largest absolute Gasteiger partial charge is 0.387 e. The number of aliphatic imine (C=N–C) groups is 1. The molecule has 1 aliphatic rings. The first kappa shape index (κ1) is 28.1. The second-order valence-corrected chi connectivity index (χ2v) is 11.4. The molecule has 0 spiro atoms. The molecule has 0 atom stereocenters. The van der Waals surface area contributed by atoms with Gasteiger partial charge < -0.3 is 21.7 Å². The number of amides is 2. The molecule has 0 unspecified atom stereocenters. The Morgan fingerprint density at radius 2 is 1.94 bits per heavy atom. The van der Waals surface area contributed by atoms with E-state index in [1.165, 1.54) is 4.88 Å². The van der Waals surface area contributed by atoms with Crippen molar-refractivity contribution in [2.24, 2.45) is 21.9 Å². The van der Waals surface area contributed by atoms with Gasteiger partial charge in [0.15, 0.2) is 0 Å². The number of rotatable bonds is 13. The monoisotopic (exact) mass is 489 g/mol. The fourth-order valence-electron chi connectivity index (χ4n) is 3.95. The van der Waals surface area contributed by atoms with Crippen LogP contribution in [0.3, 0.4) is 0 Å². The van der Waals surface area contributed by atoms with Crippen LogP contribution in [0.2, 0.25) is 0 Å². The molecular formula is C26H43N5O2S. The first-order chi connectivity index (χ1) is 16.1. The minimum atomic E-state index is -0.0350. The average Bonchev–Trinajstić information content (AvgIpc) is 3.04. The van der Waals surface area contributed by atoms with Gasteiger partial charge in [0.1, 0.15) is 5.84 Å². The highest BCUT2D eigenvalue weighted by Gasteiger charge is 2.22. The maximum atomic E-state index is 13.4. The lowest BCUT2D eigenvalue weighted by Gasteiger charge is -2.24. The summed E-state index contributed by atoms with van der Waals surface area (Å²) in [6, 6.07) is 2.10. The molecule has 7 nitrogen and oxygen atoms in total. The molecule has 0 saturated carbocycles. The van der Waals surface area contributed by atoms with Gasteiger partial charge in [-0.3, -0.25) is 9.59 Å². The molecular weight excluding hydrogens is 446 g/mol. The van der Waals surface area contributed by atoms with Crippen molar-refractivity contribution in [2.75, 3.05) is 26.2 Å². The van der Waals surface area contributed by atoms with Crippen molar-refractivity contribution in [1.29, 1.82) is 0 Å². The molecule has 1 aromatic heterocycles. The lowest BCUT2D eigenvalue weighted by atomic mass is 9.92. The second kappa shape index (κ2) is 13.6. The summed E-state index contributed by atoms with van der Waals surface area (Å²) < 4.78 is 0. The highest BCUT2D eigenvalue weighted by molar-refractivity contribution is 7.13. The fourth-order valence-corrected chi connectivity index (χ4v) is 5.06. The van der Waals surface area contributed by atoms with Crippen LogP contribution in [0.5, 0.6) is 0 Å². The number of hydrogen-bond acceptors (Lipinski definition) is 6. The number of fused-ring (bicyclic) bond motifs is 1. The maximum Gasteiger partial charge on any atom is 0.250 e. The van der Waals surface area contributed by atoms with Crippen LogP contribution in [0.4, 0.5) is 5.69 Å². The summed E-state index contributed by atoms with van der Waals surface area (Å²) in [4.78, 5) is 34.2. The van der Waals surface area contributed by atoms with Crippen molar-refractivity contribution in [2.45, 2.75) is 79.1 Å². The Morgan fingerprint density at radius 1 is 1.18 bits per heavy atom. The normalized spacial score (nSPS) is 13.6. The van der Waals surface area contributed by atoms with E-state index in [-0.39, 0.29) is 17.2 Å². The van der Waals surface area contributed by atoms with Gasteiger partial charge in [0.25, 0.3) is 0 Å². The molecule has 1 aromatic rings. The summed E-state index contributed by atoms with van der Waals surface area (Å²) in [6.45, 7) is 10.8. The molecule has 5 N–H and O–H groups in total. The van der Waals surface area contributed by atoms with E-state index in [4.69, 9.17) is 11.5 Å².